The van der Waals surface area contributed by atoms with Crippen LogP contribution in [0.25, 0.3) is 33.8 Å². The van der Waals surface area contributed by atoms with Gasteiger partial charge in [-0.1, -0.05) is 78.9 Å². The summed E-state index contributed by atoms with van der Waals surface area (Å²) in [6.07, 6.45) is 2.40. The number of benzene rings is 6. The molecule has 3 aromatic heterocycles. The van der Waals surface area contributed by atoms with E-state index in [1.54, 1.807) is 56.0 Å². The molecule has 2 fully saturated rings. The normalized spacial score (nSPS) is 13.5. The SMILES string of the molecule is COCC(C)n1nc(-c2ccc(CNC(=O)c3ccccc3C)cc2)c(C(N)=O)c1N.Cc1ccc(F)cc1C(=O)NCc1ccc(-c2nn(C3CCOCC3)c(N)c2C(N)=O)c(F)c1F.Cc1ccccc1C(=O)NCc1ccc(-c2nn(C3CCOCC3)c(N)c2C(N)=O)c(F)c1F. The van der Waals surface area contributed by atoms with E-state index in [1.807, 2.05) is 56.3 Å². The number of anilines is 3. The van der Waals surface area contributed by atoms with Gasteiger partial charge in [0.15, 0.2) is 23.3 Å². The number of hydrogen-bond donors (Lipinski definition) is 9. The predicted octanol–water partition coefficient (Wildman–Crippen LogP) is 9.01. The molecule has 5 heterocycles. The maximum absolute atomic E-state index is 15.1. The summed E-state index contributed by atoms with van der Waals surface area (Å²) >= 11 is 0. The predicted molar refractivity (Wildman–Crippen MR) is 363 cm³/mol. The third-order valence-corrected chi connectivity index (χ3v) is 17.1. The first-order chi connectivity index (χ1) is 47.8. The Morgan fingerprint density at radius 3 is 1.35 bits per heavy atom. The summed E-state index contributed by atoms with van der Waals surface area (Å²) in [6.45, 7) is 9.34. The molecule has 11 rings (SSSR count). The zero-order valence-electron chi connectivity index (χ0n) is 55.4. The summed E-state index contributed by atoms with van der Waals surface area (Å²) in [5.41, 5.74) is 39.2. The molecule has 0 bridgehead atoms. The van der Waals surface area contributed by atoms with Crippen molar-refractivity contribution >= 4 is 52.9 Å². The Hall–Kier alpha value is -11.3. The highest BCUT2D eigenvalue weighted by Gasteiger charge is 2.32. The van der Waals surface area contributed by atoms with Gasteiger partial charge in [-0.3, -0.25) is 28.8 Å². The number of nitrogen functional groups attached to an aromatic ring is 3. The molecular formula is C71H76F5N15O9. The number of aryl methyl sites for hydroxylation is 3. The van der Waals surface area contributed by atoms with Crippen LogP contribution < -0.4 is 50.4 Å². The molecule has 6 aromatic carbocycles. The van der Waals surface area contributed by atoms with Crippen molar-refractivity contribution in [3.05, 3.63) is 211 Å². The molecule has 0 spiro atoms. The molecule has 2 aliphatic rings. The molecule has 24 nitrogen and oxygen atoms in total. The summed E-state index contributed by atoms with van der Waals surface area (Å²) in [5, 5.41) is 21.1. The number of nitrogens with zero attached hydrogens (tertiary/aromatic N) is 6. The van der Waals surface area contributed by atoms with Gasteiger partial charge in [0.1, 0.15) is 57.0 Å². The number of aromatic nitrogens is 6. The van der Waals surface area contributed by atoms with E-state index < -0.39 is 58.6 Å². The largest absolute Gasteiger partial charge is 0.383 e. The van der Waals surface area contributed by atoms with E-state index in [4.69, 9.17) is 48.6 Å². The lowest BCUT2D eigenvalue weighted by molar-refractivity contribution is 0.0668. The molecule has 0 saturated carbocycles. The zero-order chi connectivity index (χ0) is 72.2. The van der Waals surface area contributed by atoms with Crippen molar-refractivity contribution in [2.75, 3.05) is 57.3 Å². The number of nitrogens with one attached hydrogen (secondary N) is 3. The maximum atomic E-state index is 15.1. The van der Waals surface area contributed by atoms with E-state index in [0.29, 0.717) is 93.2 Å². The van der Waals surface area contributed by atoms with Gasteiger partial charge < -0.3 is 64.6 Å². The molecule has 100 heavy (non-hydrogen) atoms. The van der Waals surface area contributed by atoms with Crippen molar-refractivity contribution in [1.29, 1.82) is 0 Å². The monoisotopic (exact) mass is 1380 g/mol. The van der Waals surface area contributed by atoms with Gasteiger partial charge in [0, 0.05) is 97.7 Å². The molecule has 15 N–H and O–H groups in total. The Labute approximate surface area is 571 Å². The molecular weight excluding hydrogens is 1300 g/mol. The minimum absolute atomic E-state index is 0.00350. The molecule has 9 aromatic rings. The van der Waals surface area contributed by atoms with Crippen LogP contribution in [0.4, 0.5) is 39.4 Å². The van der Waals surface area contributed by atoms with E-state index in [9.17, 15) is 41.9 Å². The molecule has 6 amide bonds. The van der Waals surface area contributed by atoms with Crippen molar-refractivity contribution in [3.8, 4) is 33.8 Å². The van der Waals surface area contributed by atoms with E-state index in [-0.39, 0.29) is 110 Å². The lowest BCUT2D eigenvalue weighted by atomic mass is 10.0. The number of amides is 6. The third kappa shape index (κ3) is 16.3. The summed E-state index contributed by atoms with van der Waals surface area (Å²) in [5.74, 6) is -8.87. The van der Waals surface area contributed by atoms with E-state index in [0.717, 1.165) is 22.8 Å². The summed E-state index contributed by atoms with van der Waals surface area (Å²) in [7, 11) is 1.59. The highest BCUT2D eigenvalue weighted by Crippen LogP contribution is 2.37. The first kappa shape index (κ1) is 73.0. The van der Waals surface area contributed by atoms with E-state index in [2.05, 4.69) is 31.2 Å². The van der Waals surface area contributed by atoms with Crippen LogP contribution in [0.3, 0.4) is 0 Å². The average molecular weight is 1380 g/mol. The van der Waals surface area contributed by atoms with Crippen LogP contribution in [-0.4, -0.2) is 105 Å². The number of primary amides is 3. The van der Waals surface area contributed by atoms with Crippen molar-refractivity contribution in [2.24, 2.45) is 17.2 Å². The molecule has 0 radical (unpaired) electrons. The molecule has 524 valence electrons. The van der Waals surface area contributed by atoms with Crippen LogP contribution in [0.15, 0.2) is 115 Å². The Balaban J connectivity index is 0.000000175. The van der Waals surface area contributed by atoms with Crippen molar-refractivity contribution < 1.29 is 64.9 Å². The smallest absolute Gasteiger partial charge is 0.254 e. The van der Waals surface area contributed by atoms with Crippen LogP contribution >= 0.6 is 0 Å². The van der Waals surface area contributed by atoms with Gasteiger partial charge in [0.05, 0.1) is 24.7 Å². The average Bonchev–Trinajstić information content (AvgIpc) is 1.62. The van der Waals surface area contributed by atoms with E-state index in [1.165, 1.54) is 45.8 Å². The van der Waals surface area contributed by atoms with Gasteiger partial charge >= 0.3 is 0 Å². The van der Waals surface area contributed by atoms with Crippen LogP contribution in [-0.2, 0) is 33.8 Å². The number of halogens is 5. The zero-order valence-corrected chi connectivity index (χ0v) is 55.4. The molecule has 2 aliphatic heterocycles. The topological polar surface area (TPSA) is 376 Å². The Kier molecular flexibility index (Phi) is 23.6. The van der Waals surface area contributed by atoms with Gasteiger partial charge in [0.25, 0.3) is 35.4 Å². The van der Waals surface area contributed by atoms with Crippen molar-refractivity contribution in [2.45, 2.75) is 91.1 Å². The Bertz CT molecular complexity index is 4540. The van der Waals surface area contributed by atoms with Crippen LogP contribution in [0.1, 0.15) is 146 Å². The first-order valence-electron chi connectivity index (χ1n) is 31.7. The Morgan fingerprint density at radius 2 is 0.920 bits per heavy atom. The molecule has 29 heteroatoms. The standard InChI is InChI=1S/C24H24F3N5O3.C24H25F2N5O3.C23H27N5O3/c1-12-2-4-14(25)10-17(12)24(34)30-11-13-3-5-16(20(27)19(13)26)21-18(23(29)33)22(28)32(31-21)15-6-8-35-9-7-15;1-13-4-2-3-5-16(13)24(33)29-12-14-6-7-17(20(26)19(14)25)21-18(23(28)32)22(27)31(30-21)15-8-10-34-11-9-15;1-14-6-4-5-7-18(14)23(30)26-12-16-8-10-17(11-9-16)20-19(22(25)29)21(24)28(27-20)15(2)13-31-3/h2-5,10,15H,6-9,11,28H2,1H3,(H2,29,33)(H,30,34);2-7,15H,8-12,27H2,1H3,(H2,28,32)(H,29,33);4-11,15H,12-13,24H2,1-3H3,(H2,25,29)(H,26,30). The lowest BCUT2D eigenvalue weighted by Crippen LogP contribution is -2.24. The molecule has 2 saturated heterocycles. The fourth-order valence-corrected chi connectivity index (χ4v) is 11.6. The minimum atomic E-state index is -1.27. The number of rotatable bonds is 20. The van der Waals surface area contributed by atoms with Gasteiger partial charge in [0.2, 0.25) is 0 Å². The molecule has 0 aliphatic carbocycles. The summed E-state index contributed by atoms with van der Waals surface area (Å²) in [6, 6.07) is 30.2. The van der Waals surface area contributed by atoms with Crippen LogP contribution in [0.5, 0.6) is 0 Å². The summed E-state index contributed by atoms with van der Waals surface area (Å²) < 4.78 is 93.9. The number of ether oxygens (including phenoxy) is 3. The number of methoxy groups -OCH3 is 1. The van der Waals surface area contributed by atoms with Crippen LogP contribution in [0, 0.1) is 49.9 Å². The van der Waals surface area contributed by atoms with Gasteiger partial charge in [-0.15, -0.1) is 0 Å². The number of hydrogen-bond acceptors (Lipinski definition) is 15. The fraction of sp³-hybridized carbons (Fsp3) is 0.282. The number of nitrogens with two attached hydrogens (primary N) is 6. The first-order valence-corrected chi connectivity index (χ1v) is 31.7. The van der Waals surface area contributed by atoms with Crippen molar-refractivity contribution in [3.63, 3.8) is 0 Å². The minimum Gasteiger partial charge on any atom is -0.383 e. The highest BCUT2D eigenvalue weighted by atomic mass is 19.2. The highest BCUT2D eigenvalue weighted by molar-refractivity contribution is 6.05. The summed E-state index contributed by atoms with van der Waals surface area (Å²) in [4.78, 5) is 73.5. The molecule has 1 atom stereocenters. The lowest BCUT2D eigenvalue weighted by Gasteiger charge is -2.23. The van der Waals surface area contributed by atoms with Gasteiger partial charge in [-0.05, 0) is 112 Å². The third-order valence-electron chi connectivity index (χ3n) is 17.1. The number of carbonyl (C=O) groups is 6. The fourth-order valence-electron chi connectivity index (χ4n) is 11.6. The maximum Gasteiger partial charge on any atom is 0.254 e. The Morgan fingerprint density at radius 1 is 0.510 bits per heavy atom. The van der Waals surface area contributed by atoms with Crippen LogP contribution in [0.2, 0.25) is 0 Å². The van der Waals surface area contributed by atoms with Gasteiger partial charge in [-0.2, -0.15) is 15.3 Å². The second kappa shape index (κ2) is 32.4. The second-order valence-corrected chi connectivity index (χ2v) is 23.9. The molecule has 1 unspecified atom stereocenters. The van der Waals surface area contributed by atoms with Crippen molar-refractivity contribution in [1.82, 2.24) is 45.3 Å². The van der Waals surface area contributed by atoms with Gasteiger partial charge in [-0.25, -0.2) is 36.0 Å². The quantitative estimate of drug-likeness (QED) is 0.0321. The second-order valence-electron chi connectivity index (χ2n) is 23.9. The van der Waals surface area contributed by atoms with E-state index >= 15 is 8.78 Å². The number of carbonyl (C=O) groups excluding carboxylic acids is 6.